The van der Waals surface area contributed by atoms with Crippen LogP contribution in [0.3, 0.4) is 0 Å². The van der Waals surface area contributed by atoms with Crippen LogP contribution in [0, 0.1) is 5.82 Å². The molecule has 0 saturated carbocycles. The van der Waals surface area contributed by atoms with E-state index >= 15 is 0 Å². The van der Waals surface area contributed by atoms with Gasteiger partial charge in [0.15, 0.2) is 5.13 Å². The number of hydrogen-bond acceptors (Lipinski definition) is 5. The van der Waals surface area contributed by atoms with Gasteiger partial charge in [-0.3, -0.25) is 19.8 Å². The lowest BCUT2D eigenvalue weighted by Gasteiger charge is -2.15. The topological polar surface area (TPSA) is 74.3 Å². The zero-order valence-electron chi connectivity index (χ0n) is 17.2. The number of rotatable bonds is 6. The highest BCUT2D eigenvalue weighted by Gasteiger charge is 2.15. The predicted octanol–water partition coefficient (Wildman–Crippen LogP) is 4.76. The molecular weight excluding hydrogens is 415 g/mol. The summed E-state index contributed by atoms with van der Waals surface area (Å²) in [4.78, 5) is 30.6. The number of nitrogens with one attached hydrogen (secondary N) is 2. The molecule has 0 bridgehead atoms. The van der Waals surface area contributed by atoms with Gasteiger partial charge in [0, 0.05) is 35.7 Å². The third kappa shape index (κ3) is 5.34. The molecular formula is C23H23FN4O2S. The number of hydrogen-bond donors (Lipinski definition) is 2. The molecule has 31 heavy (non-hydrogen) atoms. The quantitative estimate of drug-likeness (QED) is 0.582. The van der Waals surface area contributed by atoms with Crippen LogP contribution in [0.5, 0.6) is 0 Å². The first kappa shape index (κ1) is 21.1. The van der Waals surface area contributed by atoms with Crippen molar-refractivity contribution in [3.63, 3.8) is 0 Å². The SMILES string of the molecule is CC(=O)Nc1ccc(-c2csc(NC(=O)c3cccc(CN4CCCC4)c3)n2)c(F)c1. The minimum atomic E-state index is -0.496. The number of thiazole rings is 1. The molecule has 3 aromatic rings. The van der Waals surface area contributed by atoms with Crippen molar-refractivity contribution < 1.29 is 14.0 Å². The molecule has 2 aromatic carbocycles. The normalized spacial score (nSPS) is 13.9. The summed E-state index contributed by atoms with van der Waals surface area (Å²) in [7, 11) is 0. The van der Waals surface area contributed by atoms with Gasteiger partial charge in [0.05, 0.1) is 5.69 Å². The van der Waals surface area contributed by atoms with E-state index in [9.17, 15) is 14.0 Å². The maximum atomic E-state index is 14.5. The summed E-state index contributed by atoms with van der Waals surface area (Å²) in [6.45, 7) is 4.40. The van der Waals surface area contributed by atoms with Gasteiger partial charge in [0.1, 0.15) is 5.82 Å². The Hall–Kier alpha value is -3.10. The summed E-state index contributed by atoms with van der Waals surface area (Å²) in [5.41, 5.74) is 2.79. The monoisotopic (exact) mass is 438 g/mol. The number of aromatic nitrogens is 1. The van der Waals surface area contributed by atoms with Crippen molar-refractivity contribution in [1.82, 2.24) is 9.88 Å². The molecule has 2 heterocycles. The third-order valence-corrected chi connectivity index (χ3v) is 5.84. The molecule has 1 aromatic heterocycles. The molecule has 0 radical (unpaired) electrons. The molecule has 0 spiro atoms. The van der Waals surface area contributed by atoms with Crippen molar-refractivity contribution in [3.8, 4) is 11.3 Å². The minimum absolute atomic E-state index is 0.245. The van der Waals surface area contributed by atoms with E-state index in [0.717, 1.165) is 25.2 Å². The number of anilines is 2. The van der Waals surface area contributed by atoms with Crippen molar-refractivity contribution in [2.75, 3.05) is 23.7 Å². The molecule has 8 heteroatoms. The van der Waals surface area contributed by atoms with Crippen LogP contribution in [0.1, 0.15) is 35.7 Å². The highest BCUT2D eigenvalue weighted by molar-refractivity contribution is 7.14. The smallest absolute Gasteiger partial charge is 0.257 e. The van der Waals surface area contributed by atoms with Gasteiger partial charge in [0.2, 0.25) is 5.91 Å². The largest absolute Gasteiger partial charge is 0.326 e. The van der Waals surface area contributed by atoms with Gasteiger partial charge in [-0.1, -0.05) is 12.1 Å². The van der Waals surface area contributed by atoms with Gasteiger partial charge in [-0.15, -0.1) is 11.3 Å². The zero-order chi connectivity index (χ0) is 21.8. The second-order valence-corrected chi connectivity index (χ2v) is 8.41. The second kappa shape index (κ2) is 9.36. The van der Waals surface area contributed by atoms with Crippen LogP contribution >= 0.6 is 11.3 Å². The summed E-state index contributed by atoms with van der Waals surface area (Å²) in [5.74, 6) is -1.01. The first-order valence-corrected chi connectivity index (χ1v) is 11.0. The number of carbonyl (C=O) groups is 2. The molecule has 1 aliphatic heterocycles. The van der Waals surface area contributed by atoms with Crippen LogP contribution in [0.25, 0.3) is 11.3 Å². The summed E-state index contributed by atoms with van der Waals surface area (Å²) >= 11 is 1.23. The zero-order valence-corrected chi connectivity index (χ0v) is 18.0. The molecule has 4 rings (SSSR count). The van der Waals surface area contributed by atoms with Crippen LogP contribution in [0.4, 0.5) is 15.2 Å². The summed E-state index contributed by atoms with van der Waals surface area (Å²) in [6.07, 6.45) is 2.45. The lowest BCUT2D eigenvalue weighted by Crippen LogP contribution is -2.19. The first-order valence-electron chi connectivity index (χ1n) is 10.1. The van der Waals surface area contributed by atoms with Crippen molar-refractivity contribution in [2.45, 2.75) is 26.3 Å². The fourth-order valence-electron chi connectivity index (χ4n) is 3.64. The van der Waals surface area contributed by atoms with Gasteiger partial charge in [0.25, 0.3) is 5.91 Å². The number of carbonyl (C=O) groups excluding carboxylic acids is 2. The Kier molecular flexibility index (Phi) is 6.39. The van der Waals surface area contributed by atoms with Crippen molar-refractivity contribution >= 4 is 34.0 Å². The average Bonchev–Trinajstić information content (AvgIpc) is 3.40. The molecule has 1 aliphatic rings. The van der Waals surface area contributed by atoms with Gasteiger partial charge in [-0.25, -0.2) is 9.37 Å². The van der Waals surface area contributed by atoms with Gasteiger partial charge >= 0.3 is 0 Å². The van der Waals surface area contributed by atoms with Gasteiger partial charge in [-0.2, -0.15) is 0 Å². The number of nitrogens with zero attached hydrogens (tertiary/aromatic N) is 2. The Morgan fingerprint density at radius 2 is 1.94 bits per heavy atom. The molecule has 6 nitrogen and oxygen atoms in total. The minimum Gasteiger partial charge on any atom is -0.326 e. The van der Waals surface area contributed by atoms with Crippen molar-refractivity contribution in [2.24, 2.45) is 0 Å². The van der Waals surface area contributed by atoms with Crippen LogP contribution in [0.15, 0.2) is 47.8 Å². The molecule has 1 fully saturated rings. The Bertz CT molecular complexity index is 1110. The van der Waals surface area contributed by atoms with Crippen molar-refractivity contribution in [1.29, 1.82) is 0 Å². The maximum Gasteiger partial charge on any atom is 0.257 e. The standard InChI is InChI=1S/C23H23FN4O2S/c1-15(29)25-18-7-8-19(20(24)12-18)21-14-31-23(26-21)27-22(30)17-6-4-5-16(11-17)13-28-9-2-3-10-28/h4-8,11-12,14H,2-3,9-10,13H2,1H3,(H,25,29)(H,26,27,30). The van der Waals surface area contributed by atoms with Gasteiger partial charge < -0.3 is 5.32 Å². The Labute approximate surface area is 184 Å². The lowest BCUT2D eigenvalue weighted by molar-refractivity contribution is -0.114. The molecule has 2 amide bonds. The fraction of sp³-hybridized carbons (Fsp3) is 0.261. The van der Waals surface area contributed by atoms with E-state index in [-0.39, 0.29) is 11.8 Å². The van der Waals surface area contributed by atoms with E-state index in [1.54, 1.807) is 23.6 Å². The number of halogens is 1. The molecule has 0 aliphatic carbocycles. The summed E-state index contributed by atoms with van der Waals surface area (Å²) in [6, 6.07) is 12.0. The fourth-order valence-corrected chi connectivity index (χ4v) is 4.34. The Morgan fingerprint density at radius 1 is 1.13 bits per heavy atom. The molecule has 0 unspecified atom stereocenters. The van der Waals surface area contributed by atoms with E-state index in [2.05, 4.69) is 20.5 Å². The lowest BCUT2D eigenvalue weighted by atomic mass is 10.1. The highest BCUT2D eigenvalue weighted by Crippen LogP contribution is 2.29. The van der Waals surface area contributed by atoms with Crippen LogP contribution in [-0.4, -0.2) is 34.8 Å². The van der Waals surface area contributed by atoms with Crippen molar-refractivity contribution in [3.05, 3.63) is 64.8 Å². The van der Waals surface area contributed by atoms with Crippen LogP contribution in [0.2, 0.25) is 0 Å². The van der Waals surface area contributed by atoms with E-state index < -0.39 is 5.82 Å². The number of benzene rings is 2. The van der Waals surface area contributed by atoms with Crippen LogP contribution < -0.4 is 10.6 Å². The average molecular weight is 439 g/mol. The molecule has 0 atom stereocenters. The molecule has 2 N–H and O–H groups in total. The number of amides is 2. The second-order valence-electron chi connectivity index (χ2n) is 7.55. The predicted molar refractivity (Wildman–Crippen MR) is 121 cm³/mol. The van der Waals surface area contributed by atoms with E-state index in [4.69, 9.17) is 0 Å². The van der Waals surface area contributed by atoms with Crippen LogP contribution in [-0.2, 0) is 11.3 Å². The Morgan fingerprint density at radius 3 is 2.68 bits per heavy atom. The molecule has 160 valence electrons. The van der Waals surface area contributed by atoms with E-state index in [0.29, 0.717) is 27.6 Å². The summed E-state index contributed by atoms with van der Waals surface area (Å²) in [5, 5.41) is 7.43. The Balaban J connectivity index is 1.44. The third-order valence-electron chi connectivity index (χ3n) is 5.08. The summed E-state index contributed by atoms with van der Waals surface area (Å²) < 4.78 is 14.5. The van der Waals surface area contributed by atoms with Gasteiger partial charge in [-0.05, 0) is 61.8 Å². The number of likely N-dealkylation sites (tertiary alicyclic amines) is 1. The molecule has 1 saturated heterocycles. The highest BCUT2D eigenvalue weighted by atomic mass is 32.1. The first-order chi connectivity index (χ1) is 15.0. The van der Waals surface area contributed by atoms with E-state index in [1.165, 1.54) is 37.2 Å². The van der Waals surface area contributed by atoms with E-state index in [1.807, 2.05) is 18.2 Å². The maximum absolute atomic E-state index is 14.5.